The lowest BCUT2D eigenvalue weighted by Gasteiger charge is -2.13. The summed E-state index contributed by atoms with van der Waals surface area (Å²) in [5, 5.41) is 15.0. The zero-order valence-corrected chi connectivity index (χ0v) is 18.8. The van der Waals surface area contributed by atoms with Crippen molar-refractivity contribution in [2.24, 2.45) is 0 Å². The second-order valence-corrected chi connectivity index (χ2v) is 7.92. The molecule has 4 nitrogen and oxygen atoms in total. The average Bonchev–Trinajstić information content (AvgIpc) is 2.85. The first-order valence-electron chi connectivity index (χ1n) is 10.4. The second-order valence-electron chi connectivity index (χ2n) is 7.51. The number of nitrogens with zero attached hydrogens (tertiary/aromatic N) is 1. The van der Waals surface area contributed by atoms with Crippen LogP contribution in [0.1, 0.15) is 16.7 Å². The number of amides is 1. The molecule has 0 saturated carbocycles. The molecule has 0 radical (unpaired) electrons. The van der Waals surface area contributed by atoms with Gasteiger partial charge in [0.1, 0.15) is 24.0 Å². The van der Waals surface area contributed by atoms with Crippen molar-refractivity contribution in [3.05, 3.63) is 112 Å². The van der Waals surface area contributed by atoms with Crippen LogP contribution in [-0.2, 0) is 11.4 Å². The fourth-order valence-corrected chi connectivity index (χ4v) is 3.69. The van der Waals surface area contributed by atoms with E-state index in [2.05, 4.69) is 5.32 Å². The summed E-state index contributed by atoms with van der Waals surface area (Å²) in [7, 11) is 0. The lowest BCUT2D eigenvalue weighted by atomic mass is 10.0. The average molecular weight is 453 g/mol. The maximum absolute atomic E-state index is 13.0. The first-order valence-corrected chi connectivity index (χ1v) is 10.8. The SMILES string of the molecule is Cc1c(Cl)cccc1NC(=O)/C(C#N)=C/c1c(OCc2ccccc2)ccc2ccccc12. The van der Waals surface area contributed by atoms with Crippen molar-refractivity contribution in [1.29, 1.82) is 5.26 Å². The van der Waals surface area contributed by atoms with Gasteiger partial charge in [-0.2, -0.15) is 5.26 Å². The van der Waals surface area contributed by atoms with Crippen LogP contribution in [-0.4, -0.2) is 5.91 Å². The molecule has 1 N–H and O–H groups in total. The molecular weight excluding hydrogens is 432 g/mol. The Morgan fingerprint density at radius 2 is 1.76 bits per heavy atom. The monoisotopic (exact) mass is 452 g/mol. The zero-order chi connectivity index (χ0) is 23.2. The number of carbonyl (C=O) groups is 1. The van der Waals surface area contributed by atoms with E-state index in [1.54, 1.807) is 24.3 Å². The normalized spacial score (nSPS) is 11.1. The largest absolute Gasteiger partial charge is 0.488 e. The molecule has 4 aromatic carbocycles. The summed E-state index contributed by atoms with van der Waals surface area (Å²) in [6, 6.07) is 28.7. The zero-order valence-electron chi connectivity index (χ0n) is 18.0. The molecular formula is C28H21ClN2O2. The first kappa shape index (κ1) is 22.1. The molecule has 33 heavy (non-hydrogen) atoms. The van der Waals surface area contributed by atoms with Gasteiger partial charge in [-0.1, -0.05) is 78.3 Å². The van der Waals surface area contributed by atoms with Gasteiger partial charge >= 0.3 is 0 Å². The Balaban J connectivity index is 1.71. The lowest BCUT2D eigenvalue weighted by molar-refractivity contribution is -0.112. The van der Waals surface area contributed by atoms with E-state index in [9.17, 15) is 10.1 Å². The van der Waals surface area contributed by atoms with Crippen molar-refractivity contribution in [2.45, 2.75) is 13.5 Å². The van der Waals surface area contributed by atoms with Gasteiger partial charge < -0.3 is 10.1 Å². The van der Waals surface area contributed by atoms with Gasteiger partial charge in [-0.3, -0.25) is 4.79 Å². The summed E-state index contributed by atoms with van der Waals surface area (Å²) >= 11 is 6.16. The van der Waals surface area contributed by atoms with Crippen LogP contribution < -0.4 is 10.1 Å². The fourth-order valence-electron chi connectivity index (χ4n) is 3.51. The topological polar surface area (TPSA) is 62.1 Å². The number of carbonyl (C=O) groups excluding carboxylic acids is 1. The van der Waals surface area contributed by atoms with Gasteiger partial charge in [0.15, 0.2) is 0 Å². The number of ether oxygens (including phenoxy) is 1. The summed E-state index contributed by atoms with van der Waals surface area (Å²) in [4.78, 5) is 13.0. The summed E-state index contributed by atoms with van der Waals surface area (Å²) in [5.41, 5.74) is 2.97. The van der Waals surface area contributed by atoms with Crippen LogP contribution in [0.4, 0.5) is 5.69 Å². The summed E-state index contributed by atoms with van der Waals surface area (Å²) in [6.07, 6.45) is 1.58. The Labute approximate surface area is 197 Å². The predicted molar refractivity (Wildman–Crippen MR) is 133 cm³/mol. The third-order valence-electron chi connectivity index (χ3n) is 5.34. The summed E-state index contributed by atoms with van der Waals surface area (Å²) in [5.74, 6) is 0.0850. The number of fused-ring (bicyclic) bond motifs is 1. The Morgan fingerprint density at radius 3 is 2.55 bits per heavy atom. The van der Waals surface area contributed by atoms with Gasteiger partial charge in [0.2, 0.25) is 0 Å². The molecule has 0 bridgehead atoms. The number of hydrogen-bond acceptors (Lipinski definition) is 3. The molecule has 0 aromatic heterocycles. The van der Waals surface area contributed by atoms with Gasteiger partial charge in [0, 0.05) is 16.3 Å². The van der Waals surface area contributed by atoms with Crippen molar-refractivity contribution >= 4 is 40.0 Å². The van der Waals surface area contributed by atoms with E-state index in [0.29, 0.717) is 28.6 Å². The van der Waals surface area contributed by atoms with Gasteiger partial charge in [0.25, 0.3) is 5.91 Å². The molecule has 4 aromatic rings. The molecule has 0 saturated heterocycles. The highest BCUT2D eigenvalue weighted by molar-refractivity contribution is 6.31. The summed E-state index contributed by atoms with van der Waals surface area (Å²) in [6.45, 7) is 2.18. The van der Waals surface area contributed by atoms with Gasteiger partial charge in [0.05, 0.1) is 0 Å². The van der Waals surface area contributed by atoms with E-state index in [-0.39, 0.29) is 5.57 Å². The van der Waals surface area contributed by atoms with E-state index in [1.165, 1.54) is 0 Å². The molecule has 0 heterocycles. The smallest absolute Gasteiger partial charge is 0.266 e. The number of rotatable bonds is 6. The van der Waals surface area contributed by atoms with Crippen LogP contribution in [0.3, 0.4) is 0 Å². The van der Waals surface area contributed by atoms with Crippen molar-refractivity contribution in [3.63, 3.8) is 0 Å². The van der Waals surface area contributed by atoms with Crippen LogP contribution >= 0.6 is 11.6 Å². The van der Waals surface area contributed by atoms with Crippen LogP contribution in [0.5, 0.6) is 5.75 Å². The number of benzene rings is 4. The Kier molecular flexibility index (Phi) is 6.73. The van der Waals surface area contributed by atoms with Crippen LogP contribution in [0.25, 0.3) is 16.8 Å². The minimum Gasteiger partial charge on any atom is -0.488 e. The van der Waals surface area contributed by atoms with E-state index < -0.39 is 5.91 Å². The van der Waals surface area contributed by atoms with Crippen molar-refractivity contribution in [1.82, 2.24) is 0 Å². The number of nitrogens with one attached hydrogen (secondary N) is 1. The van der Waals surface area contributed by atoms with Crippen molar-refractivity contribution in [3.8, 4) is 11.8 Å². The number of anilines is 1. The third kappa shape index (κ3) is 5.06. The molecule has 1 amide bonds. The lowest BCUT2D eigenvalue weighted by Crippen LogP contribution is -2.14. The Morgan fingerprint density at radius 1 is 1.00 bits per heavy atom. The van der Waals surface area contributed by atoms with Crippen molar-refractivity contribution < 1.29 is 9.53 Å². The Bertz CT molecular complexity index is 1390. The molecule has 0 fully saturated rings. The van der Waals surface area contributed by atoms with Gasteiger partial charge in [-0.05, 0) is 53.1 Å². The van der Waals surface area contributed by atoms with E-state index in [0.717, 1.165) is 21.9 Å². The number of hydrogen-bond donors (Lipinski definition) is 1. The molecule has 162 valence electrons. The Hall–Kier alpha value is -4.07. The minimum atomic E-state index is -0.509. The number of nitriles is 1. The highest BCUT2D eigenvalue weighted by Gasteiger charge is 2.15. The molecule has 0 aliphatic carbocycles. The molecule has 0 aliphatic rings. The molecule has 0 aliphatic heterocycles. The van der Waals surface area contributed by atoms with E-state index >= 15 is 0 Å². The van der Waals surface area contributed by atoms with Gasteiger partial charge in [-0.15, -0.1) is 0 Å². The van der Waals surface area contributed by atoms with Gasteiger partial charge in [-0.25, -0.2) is 0 Å². The molecule has 0 unspecified atom stereocenters. The predicted octanol–water partition coefficient (Wildman–Crippen LogP) is 6.93. The van der Waals surface area contributed by atoms with E-state index in [4.69, 9.17) is 16.3 Å². The minimum absolute atomic E-state index is 0.0321. The quantitative estimate of drug-likeness (QED) is 0.255. The molecule has 4 rings (SSSR count). The standard InChI is InChI=1S/C28H21ClN2O2/c1-19-25(29)12-7-13-26(19)31-28(32)22(17-30)16-24-23-11-6-5-10-21(23)14-15-27(24)33-18-20-8-3-2-4-9-20/h2-16H,18H2,1H3,(H,31,32)/b22-16+. The van der Waals surface area contributed by atoms with Crippen LogP contribution in [0.2, 0.25) is 5.02 Å². The number of halogens is 1. The maximum atomic E-state index is 13.0. The van der Waals surface area contributed by atoms with Crippen molar-refractivity contribution in [2.75, 3.05) is 5.32 Å². The second kappa shape index (κ2) is 10.0. The molecule has 0 atom stereocenters. The van der Waals surface area contributed by atoms with Crippen LogP contribution in [0, 0.1) is 18.3 Å². The highest BCUT2D eigenvalue weighted by atomic mass is 35.5. The molecule has 0 spiro atoms. The fraction of sp³-hybridized carbons (Fsp3) is 0.0714. The van der Waals surface area contributed by atoms with Crippen LogP contribution in [0.15, 0.2) is 90.5 Å². The first-order chi connectivity index (χ1) is 16.1. The third-order valence-corrected chi connectivity index (χ3v) is 5.75. The summed E-state index contributed by atoms with van der Waals surface area (Å²) < 4.78 is 6.11. The maximum Gasteiger partial charge on any atom is 0.266 e. The van der Waals surface area contributed by atoms with E-state index in [1.807, 2.05) is 79.7 Å². The molecule has 5 heteroatoms. The highest BCUT2D eigenvalue weighted by Crippen LogP contribution is 2.31.